The highest BCUT2D eigenvalue weighted by Crippen LogP contribution is 2.24. The number of benzene rings is 2. The molecule has 0 aliphatic heterocycles. The number of H-pyrrole nitrogens is 1. The highest BCUT2D eigenvalue weighted by atomic mass is 35.5. The predicted octanol–water partition coefficient (Wildman–Crippen LogP) is 4.48. The highest BCUT2D eigenvalue weighted by Gasteiger charge is 2.08. The van der Waals surface area contributed by atoms with Crippen molar-refractivity contribution in [2.45, 2.75) is 26.5 Å². The highest BCUT2D eigenvalue weighted by molar-refractivity contribution is 7.71. The van der Waals surface area contributed by atoms with Gasteiger partial charge in [-0.25, -0.2) is 4.68 Å². The van der Waals surface area contributed by atoms with Crippen molar-refractivity contribution >= 4 is 23.8 Å². The lowest BCUT2D eigenvalue weighted by atomic mass is 10.2. The zero-order valence-corrected chi connectivity index (χ0v) is 15.4. The molecule has 2 N–H and O–H groups in total. The van der Waals surface area contributed by atoms with Gasteiger partial charge in [-0.3, -0.25) is 5.10 Å². The van der Waals surface area contributed by atoms with E-state index in [1.807, 2.05) is 55.5 Å². The molecule has 2 aromatic carbocycles. The molecule has 5 nitrogen and oxygen atoms in total. The van der Waals surface area contributed by atoms with Gasteiger partial charge in [0.05, 0.1) is 6.54 Å². The van der Waals surface area contributed by atoms with Gasteiger partial charge in [-0.2, -0.15) is 5.10 Å². The molecule has 0 bridgehead atoms. The topological polar surface area (TPSA) is 54.9 Å². The standard InChI is InChI=1S/C18H19ClN4OS/c1-2-17-21-22-18(25)23(17)20-11-14-10-15(19)8-9-16(14)24-12-13-6-4-3-5-7-13/h3-10,20H,2,11-12H2,1H3,(H,22,25). The Balaban J connectivity index is 1.75. The maximum Gasteiger partial charge on any atom is 0.214 e. The third-order valence-electron chi connectivity index (χ3n) is 3.75. The van der Waals surface area contributed by atoms with Crippen LogP contribution in [0.3, 0.4) is 0 Å². The molecule has 0 unspecified atom stereocenters. The fourth-order valence-corrected chi connectivity index (χ4v) is 2.87. The van der Waals surface area contributed by atoms with Gasteiger partial charge in [-0.1, -0.05) is 48.9 Å². The van der Waals surface area contributed by atoms with Gasteiger partial charge in [-0.05, 0) is 36.0 Å². The van der Waals surface area contributed by atoms with Crippen molar-refractivity contribution in [3.63, 3.8) is 0 Å². The second-order valence-corrected chi connectivity index (χ2v) is 6.32. The number of hydrogen-bond donors (Lipinski definition) is 2. The van der Waals surface area contributed by atoms with E-state index >= 15 is 0 Å². The van der Waals surface area contributed by atoms with Crippen LogP contribution in [-0.2, 0) is 19.6 Å². The predicted molar refractivity (Wildman–Crippen MR) is 102 cm³/mol. The fourth-order valence-electron chi connectivity index (χ4n) is 2.46. The van der Waals surface area contributed by atoms with E-state index in [4.69, 9.17) is 28.6 Å². The molecule has 0 aliphatic carbocycles. The average Bonchev–Trinajstić information content (AvgIpc) is 2.99. The van der Waals surface area contributed by atoms with Crippen LogP contribution in [-0.4, -0.2) is 14.9 Å². The number of rotatable bonds is 7. The Hall–Kier alpha value is -2.31. The molecule has 3 aromatic rings. The first-order valence-corrected chi connectivity index (χ1v) is 8.81. The molecule has 0 saturated heterocycles. The molecule has 0 radical (unpaired) electrons. The van der Waals surface area contributed by atoms with Crippen LogP contribution in [0.1, 0.15) is 23.9 Å². The Bertz CT molecular complexity index is 892. The van der Waals surface area contributed by atoms with Gasteiger partial charge in [0.15, 0.2) is 5.82 Å². The Morgan fingerprint density at radius 1 is 1.24 bits per heavy atom. The molecule has 0 aliphatic rings. The zero-order valence-electron chi connectivity index (χ0n) is 13.8. The van der Waals surface area contributed by atoms with Gasteiger partial charge in [-0.15, -0.1) is 0 Å². The summed E-state index contributed by atoms with van der Waals surface area (Å²) >= 11 is 11.4. The number of nitrogens with zero attached hydrogens (tertiary/aromatic N) is 2. The second-order valence-electron chi connectivity index (χ2n) is 5.50. The fraction of sp³-hybridized carbons (Fsp3) is 0.222. The molecular weight excluding hydrogens is 356 g/mol. The third kappa shape index (κ3) is 4.41. The summed E-state index contributed by atoms with van der Waals surface area (Å²) in [5.74, 6) is 1.63. The molecule has 0 saturated carbocycles. The molecule has 0 fully saturated rings. The van der Waals surface area contributed by atoms with Gasteiger partial charge in [0.25, 0.3) is 0 Å². The van der Waals surface area contributed by atoms with Crippen molar-refractivity contribution in [2.24, 2.45) is 0 Å². The van der Waals surface area contributed by atoms with Crippen LogP contribution in [0, 0.1) is 4.77 Å². The summed E-state index contributed by atoms with van der Waals surface area (Å²) in [5.41, 5.74) is 5.34. The molecule has 0 amide bonds. The van der Waals surface area contributed by atoms with E-state index in [9.17, 15) is 0 Å². The van der Waals surface area contributed by atoms with Crippen LogP contribution < -0.4 is 10.2 Å². The number of nitrogens with one attached hydrogen (secondary N) is 2. The van der Waals surface area contributed by atoms with Crippen LogP contribution in [0.2, 0.25) is 5.02 Å². The SMILES string of the molecule is CCc1n[nH]c(=S)n1NCc1cc(Cl)ccc1OCc1ccccc1. The van der Waals surface area contributed by atoms with Crippen LogP contribution in [0.4, 0.5) is 0 Å². The largest absolute Gasteiger partial charge is 0.489 e. The van der Waals surface area contributed by atoms with Crippen LogP contribution in [0.15, 0.2) is 48.5 Å². The molecule has 0 atom stereocenters. The molecule has 1 aromatic heterocycles. The van der Waals surface area contributed by atoms with Gasteiger partial charge < -0.3 is 10.2 Å². The van der Waals surface area contributed by atoms with Crippen molar-refractivity contribution in [1.82, 2.24) is 14.9 Å². The van der Waals surface area contributed by atoms with Crippen molar-refractivity contribution in [3.8, 4) is 5.75 Å². The molecule has 25 heavy (non-hydrogen) atoms. The van der Waals surface area contributed by atoms with E-state index < -0.39 is 0 Å². The number of halogens is 1. The van der Waals surface area contributed by atoms with Crippen molar-refractivity contribution in [1.29, 1.82) is 0 Å². The summed E-state index contributed by atoms with van der Waals surface area (Å²) < 4.78 is 8.29. The van der Waals surface area contributed by atoms with E-state index in [0.717, 1.165) is 29.1 Å². The smallest absolute Gasteiger partial charge is 0.214 e. The normalized spacial score (nSPS) is 10.6. The maximum atomic E-state index is 6.16. The summed E-state index contributed by atoms with van der Waals surface area (Å²) in [6, 6.07) is 15.7. The number of ether oxygens (including phenoxy) is 1. The first-order chi connectivity index (χ1) is 12.2. The quantitative estimate of drug-likeness (QED) is 0.599. The van der Waals surface area contributed by atoms with E-state index in [1.165, 1.54) is 0 Å². The van der Waals surface area contributed by atoms with Crippen molar-refractivity contribution in [2.75, 3.05) is 5.43 Å². The van der Waals surface area contributed by atoms with Crippen LogP contribution in [0.25, 0.3) is 0 Å². The molecule has 7 heteroatoms. The number of aromatic amines is 1. The molecular formula is C18H19ClN4OS. The lowest BCUT2D eigenvalue weighted by Gasteiger charge is -2.14. The van der Waals surface area contributed by atoms with E-state index in [-0.39, 0.29) is 0 Å². The summed E-state index contributed by atoms with van der Waals surface area (Å²) in [6.07, 6.45) is 0.771. The van der Waals surface area contributed by atoms with Gasteiger partial charge in [0.2, 0.25) is 4.77 Å². The number of aryl methyl sites for hydroxylation is 1. The zero-order chi connectivity index (χ0) is 17.6. The maximum absolute atomic E-state index is 6.16. The van der Waals surface area contributed by atoms with Gasteiger partial charge in [0, 0.05) is 17.0 Å². The van der Waals surface area contributed by atoms with Crippen LogP contribution in [0.5, 0.6) is 5.75 Å². The summed E-state index contributed by atoms with van der Waals surface area (Å²) in [5, 5.41) is 7.64. The Labute approximate surface area is 156 Å². The molecule has 1 heterocycles. The lowest BCUT2D eigenvalue weighted by molar-refractivity contribution is 0.303. The minimum Gasteiger partial charge on any atom is -0.489 e. The second kappa shape index (κ2) is 8.18. The average molecular weight is 375 g/mol. The molecule has 130 valence electrons. The summed E-state index contributed by atoms with van der Waals surface area (Å²) in [7, 11) is 0. The minimum atomic E-state index is 0.501. The Morgan fingerprint density at radius 3 is 2.80 bits per heavy atom. The number of hydrogen-bond acceptors (Lipinski definition) is 4. The first-order valence-electron chi connectivity index (χ1n) is 8.02. The van der Waals surface area contributed by atoms with E-state index in [2.05, 4.69) is 15.6 Å². The van der Waals surface area contributed by atoms with Crippen LogP contribution >= 0.6 is 23.8 Å². The van der Waals surface area contributed by atoms with E-state index in [0.29, 0.717) is 22.9 Å². The van der Waals surface area contributed by atoms with E-state index in [1.54, 1.807) is 4.68 Å². The van der Waals surface area contributed by atoms with Gasteiger partial charge >= 0.3 is 0 Å². The summed E-state index contributed by atoms with van der Waals surface area (Å²) in [6.45, 7) is 3.04. The van der Waals surface area contributed by atoms with Crippen molar-refractivity contribution in [3.05, 3.63) is 75.3 Å². The first kappa shape index (κ1) is 17.5. The third-order valence-corrected chi connectivity index (χ3v) is 4.25. The lowest BCUT2D eigenvalue weighted by Crippen LogP contribution is -2.17. The van der Waals surface area contributed by atoms with Crippen molar-refractivity contribution < 1.29 is 4.74 Å². The van der Waals surface area contributed by atoms with Gasteiger partial charge in [0.1, 0.15) is 12.4 Å². The summed E-state index contributed by atoms with van der Waals surface area (Å²) in [4.78, 5) is 0. The Kier molecular flexibility index (Phi) is 5.73. The Morgan fingerprint density at radius 2 is 2.04 bits per heavy atom. The number of aromatic nitrogens is 3. The minimum absolute atomic E-state index is 0.501. The molecule has 3 rings (SSSR count). The molecule has 0 spiro atoms. The monoisotopic (exact) mass is 374 g/mol.